The Balaban J connectivity index is 2.19. The number of rotatable bonds is 2. The molecule has 0 heterocycles. The van der Waals surface area contributed by atoms with Gasteiger partial charge in [-0.1, -0.05) is 12.1 Å². The fourth-order valence-electron chi connectivity index (χ4n) is 1.76. The molecule has 78 valence electrons. The molecular formula is C12H12O3. The first-order chi connectivity index (χ1) is 7.20. The number of carbonyl (C=O) groups is 2. The van der Waals surface area contributed by atoms with Crippen molar-refractivity contribution in [1.82, 2.24) is 0 Å². The molecule has 1 aliphatic carbocycles. The minimum absolute atomic E-state index is 0.294. The van der Waals surface area contributed by atoms with E-state index in [-0.39, 0.29) is 5.97 Å². The van der Waals surface area contributed by atoms with Crippen LogP contribution in [0, 0.1) is 0 Å². The summed E-state index contributed by atoms with van der Waals surface area (Å²) in [6.07, 6.45) is 1.20. The number of hydrogen-bond acceptors (Lipinski definition) is 3. The molecule has 1 saturated carbocycles. The highest BCUT2D eigenvalue weighted by Gasteiger charge is 2.28. The molecule has 1 aliphatic rings. The first-order valence-corrected chi connectivity index (χ1v) is 4.90. The molecule has 0 N–H and O–H groups in total. The monoisotopic (exact) mass is 204 g/mol. The second kappa shape index (κ2) is 3.85. The third-order valence-electron chi connectivity index (χ3n) is 2.73. The number of ketones is 1. The third kappa shape index (κ3) is 1.91. The fourth-order valence-corrected chi connectivity index (χ4v) is 1.76. The average Bonchev–Trinajstić information content (AvgIpc) is 2.24. The van der Waals surface area contributed by atoms with Crippen molar-refractivity contribution >= 4 is 11.8 Å². The van der Waals surface area contributed by atoms with Gasteiger partial charge in [-0.05, 0) is 23.6 Å². The second-order valence-corrected chi connectivity index (χ2v) is 3.76. The minimum atomic E-state index is -0.331. The maximum Gasteiger partial charge on any atom is 0.337 e. The lowest BCUT2D eigenvalue weighted by atomic mass is 9.78. The van der Waals surface area contributed by atoms with Gasteiger partial charge in [-0.2, -0.15) is 0 Å². The van der Waals surface area contributed by atoms with Crippen LogP contribution in [-0.4, -0.2) is 18.9 Å². The lowest BCUT2D eigenvalue weighted by Gasteiger charge is -2.24. The van der Waals surface area contributed by atoms with Crippen molar-refractivity contribution < 1.29 is 14.3 Å². The van der Waals surface area contributed by atoms with Crippen LogP contribution in [0.5, 0.6) is 0 Å². The molecule has 1 aromatic carbocycles. The van der Waals surface area contributed by atoms with Gasteiger partial charge in [-0.25, -0.2) is 4.79 Å². The zero-order valence-electron chi connectivity index (χ0n) is 8.53. The van der Waals surface area contributed by atoms with Crippen molar-refractivity contribution in [3.63, 3.8) is 0 Å². The first kappa shape index (κ1) is 9.90. The largest absolute Gasteiger partial charge is 0.465 e. The van der Waals surface area contributed by atoms with Gasteiger partial charge < -0.3 is 4.74 Å². The Labute approximate surface area is 88.1 Å². The number of hydrogen-bond donors (Lipinski definition) is 0. The molecule has 1 aromatic rings. The van der Waals surface area contributed by atoms with E-state index in [1.807, 2.05) is 18.2 Å². The zero-order valence-corrected chi connectivity index (χ0v) is 8.53. The Kier molecular flexibility index (Phi) is 2.54. The number of carbonyl (C=O) groups excluding carboxylic acids is 2. The second-order valence-electron chi connectivity index (χ2n) is 3.76. The van der Waals surface area contributed by atoms with Gasteiger partial charge >= 0.3 is 5.97 Å². The third-order valence-corrected chi connectivity index (χ3v) is 2.73. The molecule has 3 nitrogen and oxygen atoms in total. The Morgan fingerprint density at radius 2 is 2.13 bits per heavy atom. The smallest absolute Gasteiger partial charge is 0.337 e. The molecule has 2 rings (SSSR count). The van der Waals surface area contributed by atoms with Gasteiger partial charge in [0.15, 0.2) is 0 Å². The average molecular weight is 204 g/mol. The number of benzene rings is 1. The molecule has 0 atom stereocenters. The summed E-state index contributed by atoms with van der Waals surface area (Å²) >= 11 is 0. The summed E-state index contributed by atoms with van der Waals surface area (Å²) in [5, 5.41) is 0. The fraction of sp³-hybridized carbons (Fsp3) is 0.333. The van der Waals surface area contributed by atoms with Crippen LogP contribution in [0.15, 0.2) is 24.3 Å². The molecule has 0 aliphatic heterocycles. The highest BCUT2D eigenvalue weighted by molar-refractivity contribution is 5.90. The zero-order chi connectivity index (χ0) is 10.8. The van der Waals surface area contributed by atoms with E-state index >= 15 is 0 Å². The van der Waals surface area contributed by atoms with E-state index in [0.29, 0.717) is 30.1 Å². The summed E-state index contributed by atoms with van der Waals surface area (Å²) in [6.45, 7) is 0. The van der Waals surface area contributed by atoms with Gasteiger partial charge in [0.2, 0.25) is 0 Å². The Morgan fingerprint density at radius 3 is 2.73 bits per heavy atom. The summed E-state index contributed by atoms with van der Waals surface area (Å²) < 4.78 is 4.64. The van der Waals surface area contributed by atoms with E-state index in [9.17, 15) is 9.59 Å². The Morgan fingerprint density at radius 1 is 1.40 bits per heavy atom. The summed E-state index contributed by atoms with van der Waals surface area (Å²) in [6, 6.07) is 7.30. The predicted molar refractivity (Wildman–Crippen MR) is 54.8 cm³/mol. The van der Waals surface area contributed by atoms with Crippen molar-refractivity contribution in [2.75, 3.05) is 7.11 Å². The maximum absolute atomic E-state index is 11.3. The van der Waals surface area contributed by atoms with Gasteiger partial charge in [0.05, 0.1) is 12.7 Å². The summed E-state index contributed by atoms with van der Waals surface area (Å²) in [5.41, 5.74) is 1.60. The number of methoxy groups -OCH3 is 1. The topological polar surface area (TPSA) is 43.4 Å². The van der Waals surface area contributed by atoms with Crippen molar-refractivity contribution in [3.05, 3.63) is 35.4 Å². The van der Waals surface area contributed by atoms with Crippen LogP contribution in [0.3, 0.4) is 0 Å². The van der Waals surface area contributed by atoms with E-state index in [2.05, 4.69) is 4.74 Å². The molecule has 0 aromatic heterocycles. The van der Waals surface area contributed by atoms with Crippen molar-refractivity contribution in [2.24, 2.45) is 0 Å². The summed E-state index contributed by atoms with van der Waals surface area (Å²) in [4.78, 5) is 22.1. The first-order valence-electron chi connectivity index (χ1n) is 4.90. The number of esters is 1. The van der Waals surface area contributed by atoms with Gasteiger partial charge in [-0.15, -0.1) is 0 Å². The Bertz CT molecular complexity index is 401. The van der Waals surface area contributed by atoms with Crippen LogP contribution in [0.25, 0.3) is 0 Å². The van der Waals surface area contributed by atoms with Crippen LogP contribution in [-0.2, 0) is 9.53 Å². The van der Waals surface area contributed by atoms with Crippen molar-refractivity contribution in [2.45, 2.75) is 18.8 Å². The molecule has 0 saturated heterocycles. The van der Waals surface area contributed by atoms with Crippen LogP contribution in [0.4, 0.5) is 0 Å². The lowest BCUT2D eigenvalue weighted by molar-refractivity contribution is -0.124. The van der Waals surface area contributed by atoms with E-state index in [1.54, 1.807) is 6.07 Å². The molecule has 0 spiro atoms. The molecule has 3 heteroatoms. The molecule has 1 fully saturated rings. The van der Waals surface area contributed by atoms with Crippen molar-refractivity contribution in [3.8, 4) is 0 Å². The van der Waals surface area contributed by atoms with E-state index in [4.69, 9.17) is 0 Å². The molecular weight excluding hydrogens is 192 g/mol. The van der Waals surface area contributed by atoms with Gasteiger partial charge in [0, 0.05) is 12.8 Å². The van der Waals surface area contributed by atoms with Gasteiger partial charge in [0.25, 0.3) is 0 Å². The highest BCUT2D eigenvalue weighted by Crippen LogP contribution is 2.33. The van der Waals surface area contributed by atoms with Crippen LogP contribution >= 0.6 is 0 Å². The summed E-state index contributed by atoms with van der Waals surface area (Å²) in [7, 11) is 1.36. The van der Waals surface area contributed by atoms with Crippen LogP contribution in [0.2, 0.25) is 0 Å². The molecule has 0 radical (unpaired) electrons. The normalized spacial score (nSPS) is 15.9. The quantitative estimate of drug-likeness (QED) is 0.691. The molecule has 15 heavy (non-hydrogen) atoms. The lowest BCUT2D eigenvalue weighted by Crippen LogP contribution is -2.21. The number of ether oxygens (including phenoxy) is 1. The standard InChI is InChI=1S/C12H12O3/c1-15-12(14)9-4-2-3-8(5-9)10-6-11(13)7-10/h2-5,10H,6-7H2,1H3. The maximum atomic E-state index is 11.3. The van der Waals surface area contributed by atoms with E-state index in [0.717, 1.165) is 5.56 Å². The van der Waals surface area contributed by atoms with E-state index < -0.39 is 0 Å². The molecule has 0 bridgehead atoms. The van der Waals surface area contributed by atoms with Crippen LogP contribution in [0.1, 0.15) is 34.7 Å². The molecule has 0 amide bonds. The highest BCUT2D eigenvalue weighted by atomic mass is 16.5. The number of Topliss-reactive ketones (excluding diaryl/α,β-unsaturated/α-hetero) is 1. The van der Waals surface area contributed by atoms with Crippen molar-refractivity contribution in [1.29, 1.82) is 0 Å². The van der Waals surface area contributed by atoms with Crippen LogP contribution < -0.4 is 0 Å². The van der Waals surface area contributed by atoms with Gasteiger partial charge in [0.1, 0.15) is 5.78 Å². The van der Waals surface area contributed by atoms with Gasteiger partial charge in [-0.3, -0.25) is 4.79 Å². The Hall–Kier alpha value is -1.64. The SMILES string of the molecule is COC(=O)c1cccc(C2CC(=O)C2)c1. The van der Waals surface area contributed by atoms with E-state index in [1.165, 1.54) is 7.11 Å². The predicted octanol–water partition coefficient (Wildman–Crippen LogP) is 1.92. The minimum Gasteiger partial charge on any atom is -0.465 e. The molecule has 0 unspecified atom stereocenters. The summed E-state index contributed by atoms with van der Waals surface area (Å²) in [5.74, 6) is 0.257.